The number of carbonyl (C=O) groups excluding carboxylic acids is 4. The van der Waals surface area contributed by atoms with E-state index in [-0.39, 0.29) is 24.5 Å². The van der Waals surface area contributed by atoms with Crippen molar-refractivity contribution < 1.29 is 19.2 Å². The third-order valence-corrected chi connectivity index (χ3v) is 7.60. The maximum Gasteiger partial charge on any atom is 0.325 e. The fraction of sp³-hybridized carbons (Fsp3) is 0.407. The zero-order valence-electron chi connectivity index (χ0n) is 20.5. The number of hydrogen-bond donors (Lipinski definition) is 3. The van der Waals surface area contributed by atoms with Crippen molar-refractivity contribution in [1.29, 1.82) is 0 Å². The van der Waals surface area contributed by atoms with Crippen LogP contribution >= 0.6 is 0 Å². The molecule has 0 aromatic heterocycles. The summed E-state index contributed by atoms with van der Waals surface area (Å²) < 4.78 is 0. The van der Waals surface area contributed by atoms with E-state index in [2.05, 4.69) is 16.0 Å². The average molecular weight is 490 g/mol. The summed E-state index contributed by atoms with van der Waals surface area (Å²) in [6, 6.07) is 14.2. The lowest BCUT2D eigenvalue weighted by Crippen LogP contribution is -2.47. The lowest BCUT2D eigenvalue weighted by molar-refractivity contribution is -0.141. The Balaban J connectivity index is 1.35. The Morgan fingerprint density at radius 2 is 1.92 bits per heavy atom. The SMILES string of the molecule is CNC(=O)Nc1ccc2c(c1)CCC21NC(=O)N(CC(=O)N(Cc2ccccc2)C(C)C2CC2)C1=O. The zero-order valence-corrected chi connectivity index (χ0v) is 20.5. The van der Waals surface area contributed by atoms with E-state index in [9.17, 15) is 19.2 Å². The largest absolute Gasteiger partial charge is 0.341 e. The van der Waals surface area contributed by atoms with Crippen LogP contribution in [0.2, 0.25) is 0 Å². The van der Waals surface area contributed by atoms with E-state index in [4.69, 9.17) is 0 Å². The predicted octanol–water partition coefficient (Wildman–Crippen LogP) is 2.96. The number of hydrogen-bond acceptors (Lipinski definition) is 4. The minimum atomic E-state index is -1.18. The minimum absolute atomic E-state index is 0.0332. The van der Waals surface area contributed by atoms with Crippen molar-refractivity contribution in [2.24, 2.45) is 5.92 Å². The van der Waals surface area contributed by atoms with Crippen molar-refractivity contribution in [2.45, 2.75) is 50.7 Å². The molecule has 0 bridgehead atoms. The van der Waals surface area contributed by atoms with Crippen LogP contribution in [0.5, 0.6) is 0 Å². The number of urea groups is 2. The van der Waals surface area contributed by atoms with Crippen molar-refractivity contribution in [2.75, 3.05) is 18.9 Å². The van der Waals surface area contributed by atoms with Crippen LogP contribution in [-0.4, -0.2) is 53.3 Å². The Hall–Kier alpha value is -3.88. The Kier molecular flexibility index (Phi) is 6.15. The quantitative estimate of drug-likeness (QED) is 0.519. The molecule has 3 aliphatic rings. The number of carbonyl (C=O) groups is 4. The molecule has 1 saturated carbocycles. The molecular formula is C27H31N5O4. The van der Waals surface area contributed by atoms with E-state index in [1.807, 2.05) is 43.3 Å². The maximum absolute atomic E-state index is 13.6. The lowest BCUT2D eigenvalue weighted by atomic mass is 9.91. The van der Waals surface area contributed by atoms with E-state index < -0.39 is 17.5 Å². The smallest absolute Gasteiger partial charge is 0.325 e. The molecule has 6 amide bonds. The first-order valence-electron chi connectivity index (χ1n) is 12.4. The Morgan fingerprint density at radius 1 is 1.17 bits per heavy atom. The summed E-state index contributed by atoms with van der Waals surface area (Å²) in [6.45, 7) is 2.20. The van der Waals surface area contributed by atoms with E-state index in [0.717, 1.165) is 28.9 Å². The summed E-state index contributed by atoms with van der Waals surface area (Å²) in [6.07, 6.45) is 3.15. The van der Waals surface area contributed by atoms with Gasteiger partial charge in [-0.25, -0.2) is 9.59 Å². The van der Waals surface area contributed by atoms with Crippen LogP contribution in [-0.2, 0) is 28.1 Å². The molecule has 1 saturated heterocycles. The molecule has 2 atom stereocenters. The summed E-state index contributed by atoms with van der Waals surface area (Å²) in [7, 11) is 1.53. The molecule has 2 fully saturated rings. The molecule has 2 aliphatic carbocycles. The van der Waals surface area contributed by atoms with E-state index in [0.29, 0.717) is 36.6 Å². The van der Waals surface area contributed by atoms with Crippen molar-refractivity contribution in [3.63, 3.8) is 0 Å². The lowest BCUT2D eigenvalue weighted by Gasteiger charge is -2.31. The first-order chi connectivity index (χ1) is 17.3. The van der Waals surface area contributed by atoms with Gasteiger partial charge in [0.1, 0.15) is 12.1 Å². The molecule has 0 radical (unpaired) electrons. The van der Waals surface area contributed by atoms with Gasteiger partial charge in [0.25, 0.3) is 5.91 Å². The number of benzene rings is 2. The molecule has 3 N–H and O–H groups in total. The highest BCUT2D eigenvalue weighted by atomic mass is 16.2. The summed E-state index contributed by atoms with van der Waals surface area (Å²) >= 11 is 0. The second-order valence-corrected chi connectivity index (χ2v) is 9.89. The van der Waals surface area contributed by atoms with E-state index in [1.165, 1.54) is 7.05 Å². The zero-order chi connectivity index (χ0) is 25.4. The molecule has 36 heavy (non-hydrogen) atoms. The highest BCUT2D eigenvalue weighted by Crippen LogP contribution is 2.42. The molecule has 1 aliphatic heterocycles. The van der Waals surface area contributed by atoms with Gasteiger partial charge in [-0.1, -0.05) is 36.4 Å². The third-order valence-electron chi connectivity index (χ3n) is 7.60. The summed E-state index contributed by atoms with van der Waals surface area (Å²) in [5.41, 5.74) is 2.05. The standard InChI is InChI=1S/C27H31N5O4/c1-17(19-8-9-19)31(15-18-6-4-3-5-7-18)23(33)16-32-24(34)27(30-26(32)36)13-12-20-14-21(10-11-22(20)27)29-25(35)28-2/h3-7,10-11,14,17,19H,8-9,12-13,15-16H2,1-2H3,(H,30,36)(H2,28,29,35). The highest BCUT2D eigenvalue weighted by Gasteiger charge is 2.56. The fourth-order valence-electron chi connectivity index (χ4n) is 5.37. The molecule has 9 heteroatoms. The van der Waals surface area contributed by atoms with Gasteiger partial charge < -0.3 is 20.9 Å². The predicted molar refractivity (Wildman–Crippen MR) is 134 cm³/mol. The number of amides is 6. The van der Waals surface area contributed by atoms with E-state index >= 15 is 0 Å². The van der Waals surface area contributed by atoms with Crippen LogP contribution in [0.4, 0.5) is 15.3 Å². The van der Waals surface area contributed by atoms with Crippen molar-refractivity contribution in [3.8, 4) is 0 Å². The van der Waals surface area contributed by atoms with Crippen molar-refractivity contribution in [1.82, 2.24) is 20.4 Å². The molecular weight excluding hydrogens is 458 g/mol. The summed E-state index contributed by atoms with van der Waals surface area (Å²) in [4.78, 5) is 54.7. The van der Waals surface area contributed by atoms with Gasteiger partial charge in [0.05, 0.1) is 0 Å². The van der Waals surface area contributed by atoms with Crippen molar-refractivity contribution in [3.05, 3.63) is 65.2 Å². The molecule has 2 aromatic rings. The van der Waals surface area contributed by atoms with Crippen LogP contribution in [0.15, 0.2) is 48.5 Å². The highest BCUT2D eigenvalue weighted by molar-refractivity contribution is 6.10. The molecule has 188 valence electrons. The van der Waals surface area contributed by atoms with E-state index in [1.54, 1.807) is 17.0 Å². The Morgan fingerprint density at radius 3 is 2.61 bits per heavy atom. The molecule has 5 rings (SSSR count). The van der Waals surface area contributed by atoms with Crippen LogP contribution in [0.25, 0.3) is 0 Å². The molecule has 9 nitrogen and oxygen atoms in total. The van der Waals surface area contributed by atoms with Gasteiger partial charge in [0.15, 0.2) is 0 Å². The number of imide groups is 1. The number of rotatable bonds is 7. The monoisotopic (exact) mass is 489 g/mol. The first kappa shape index (κ1) is 23.8. The normalized spacial score (nSPS) is 21.2. The van der Waals surface area contributed by atoms with Gasteiger partial charge in [-0.2, -0.15) is 0 Å². The first-order valence-corrected chi connectivity index (χ1v) is 12.4. The molecule has 1 spiro atoms. The maximum atomic E-state index is 13.6. The van der Waals surface area contributed by atoms with Gasteiger partial charge in [-0.05, 0) is 67.3 Å². The molecule has 2 unspecified atom stereocenters. The Labute approximate surface area is 210 Å². The van der Waals surface area contributed by atoms with Crippen molar-refractivity contribution >= 4 is 29.6 Å². The fourth-order valence-corrected chi connectivity index (χ4v) is 5.37. The Bertz CT molecular complexity index is 1210. The van der Waals surface area contributed by atoms with Crippen LogP contribution in [0.1, 0.15) is 42.9 Å². The molecule has 2 aromatic carbocycles. The third kappa shape index (κ3) is 4.29. The van der Waals surface area contributed by atoms with Crippen LogP contribution < -0.4 is 16.0 Å². The number of aryl methyl sites for hydroxylation is 1. The average Bonchev–Trinajstić information content (AvgIpc) is 3.63. The number of anilines is 1. The number of fused-ring (bicyclic) bond motifs is 2. The number of nitrogens with one attached hydrogen (secondary N) is 3. The number of nitrogens with zero attached hydrogens (tertiary/aromatic N) is 2. The van der Waals surface area contributed by atoms with Crippen LogP contribution in [0, 0.1) is 5.92 Å². The molecule has 1 heterocycles. The second-order valence-electron chi connectivity index (χ2n) is 9.89. The topological polar surface area (TPSA) is 111 Å². The van der Waals surface area contributed by atoms with Gasteiger partial charge in [-0.15, -0.1) is 0 Å². The summed E-state index contributed by atoms with van der Waals surface area (Å²) in [5.74, 6) is -0.182. The minimum Gasteiger partial charge on any atom is -0.341 e. The summed E-state index contributed by atoms with van der Waals surface area (Å²) in [5, 5.41) is 8.12. The van der Waals surface area contributed by atoms with Gasteiger partial charge in [-0.3, -0.25) is 14.5 Å². The van der Waals surface area contributed by atoms with Gasteiger partial charge >= 0.3 is 12.1 Å². The van der Waals surface area contributed by atoms with Crippen LogP contribution in [0.3, 0.4) is 0 Å². The second kappa shape index (κ2) is 9.29. The van der Waals surface area contributed by atoms with Gasteiger partial charge in [0, 0.05) is 25.3 Å². The van der Waals surface area contributed by atoms with Gasteiger partial charge in [0.2, 0.25) is 5.91 Å².